The molecule has 1 atom stereocenters. The van der Waals surface area contributed by atoms with Crippen LogP contribution in [0.5, 0.6) is 0 Å². The van der Waals surface area contributed by atoms with Crippen LogP contribution in [-0.4, -0.2) is 11.8 Å². The quantitative estimate of drug-likeness (QED) is 0.702. The number of hydrogen-bond donors (Lipinski definition) is 1. The molecule has 0 saturated heterocycles. The molecule has 1 heterocycles. The Kier molecular flexibility index (Phi) is 3.86. The fourth-order valence-corrected chi connectivity index (χ4v) is 3.42. The first-order chi connectivity index (χ1) is 12.1. The Bertz CT molecular complexity index is 1020. The zero-order valence-electron chi connectivity index (χ0n) is 13.2. The Labute approximate surface area is 149 Å². The van der Waals surface area contributed by atoms with Crippen molar-refractivity contribution in [2.75, 3.05) is 0 Å². The molecule has 0 saturated carbocycles. The maximum absolute atomic E-state index is 12.6. The number of amides is 2. The first-order valence-corrected chi connectivity index (χ1v) is 8.31. The van der Waals surface area contributed by atoms with Crippen LogP contribution < -0.4 is 5.32 Å². The van der Waals surface area contributed by atoms with Crippen molar-refractivity contribution < 1.29 is 9.59 Å². The van der Waals surface area contributed by atoms with Crippen molar-refractivity contribution >= 4 is 39.8 Å². The molecule has 1 unspecified atom stereocenters. The number of carbonyl (C=O) groups excluding carboxylic acids is 2. The molecule has 3 nitrogen and oxygen atoms in total. The summed E-state index contributed by atoms with van der Waals surface area (Å²) < 4.78 is 0. The molecule has 2 amide bonds. The fourth-order valence-electron chi connectivity index (χ4n) is 3.29. The zero-order chi connectivity index (χ0) is 17.4. The molecule has 0 bridgehead atoms. The third-order valence-corrected chi connectivity index (χ3v) is 4.66. The predicted octanol–water partition coefficient (Wildman–Crippen LogP) is 4.32. The van der Waals surface area contributed by atoms with E-state index in [4.69, 9.17) is 11.6 Å². The average Bonchev–Trinajstić information content (AvgIpc) is 2.62. The molecule has 0 radical (unpaired) electrons. The Balaban J connectivity index is 1.93. The fraction of sp³-hybridized carbons (Fsp3) is 0.0476. The van der Waals surface area contributed by atoms with E-state index in [2.05, 4.69) is 5.32 Å². The monoisotopic (exact) mass is 347 g/mol. The molecule has 1 aliphatic heterocycles. The molecule has 4 heteroatoms. The van der Waals surface area contributed by atoms with Crippen molar-refractivity contribution in [1.29, 1.82) is 0 Å². The SMILES string of the molecule is O=C1C=C(c2cccc3ccccc23)C(c2ccc(Cl)cc2)C(=O)N1. The van der Waals surface area contributed by atoms with E-state index in [9.17, 15) is 9.59 Å². The van der Waals surface area contributed by atoms with Crippen molar-refractivity contribution in [2.45, 2.75) is 5.92 Å². The maximum Gasteiger partial charge on any atom is 0.250 e. The molecule has 0 fully saturated rings. The third-order valence-electron chi connectivity index (χ3n) is 4.41. The minimum Gasteiger partial charge on any atom is -0.292 e. The highest BCUT2D eigenvalue weighted by Gasteiger charge is 2.32. The summed E-state index contributed by atoms with van der Waals surface area (Å²) >= 11 is 5.97. The first kappa shape index (κ1) is 15.6. The van der Waals surface area contributed by atoms with Gasteiger partial charge in [0.2, 0.25) is 5.91 Å². The second-order valence-electron chi connectivity index (χ2n) is 5.96. The second-order valence-corrected chi connectivity index (χ2v) is 6.40. The lowest BCUT2D eigenvalue weighted by molar-refractivity contribution is -0.128. The van der Waals surface area contributed by atoms with E-state index in [0.717, 1.165) is 21.9 Å². The number of rotatable bonds is 2. The number of fused-ring (bicyclic) bond motifs is 1. The molecule has 0 spiro atoms. The van der Waals surface area contributed by atoms with Crippen LogP contribution in [0.1, 0.15) is 17.0 Å². The Morgan fingerprint density at radius 3 is 2.36 bits per heavy atom. The molecular weight excluding hydrogens is 334 g/mol. The van der Waals surface area contributed by atoms with Crippen LogP contribution in [0.3, 0.4) is 0 Å². The number of halogens is 1. The molecule has 1 N–H and O–H groups in total. The van der Waals surface area contributed by atoms with Crippen molar-refractivity contribution in [3.63, 3.8) is 0 Å². The normalized spacial score (nSPS) is 17.3. The lowest BCUT2D eigenvalue weighted by Crippen LogP contribution is -2.38. The molecule has 4 rings (SSSR count). The summed E-state index contributed by atoms with van der Waals surface area (Å²) in [6, 6.07) is 21.0. The van der Waals surface area contributed by atoms with E-state index in [1.807, 2.05) is 54.6 Å². The third kappa shape index (κ3) is 2.83. The molecule has 0 aromatic heterocycles. The maximum atomic E-state index is 12.6. The summed E-state index contributed by atoms with van der Waals surface area (Å²) in [5.74, 6) is -1.27. The second kappa shape index (κ2) is 6.19. The molecule has 3 aromatic rings. The van der Waals surface area contributed by atoms with Crippen LogP contribution in [0.4, 0.5) is 0 Å². The standard InChI is InChI=1S/C21H14ClNO2/c22-15-10-8-14(9-11-15)20-18(12-19(24)23-21(20)25)17-7-3-5-13-4-1-2-6-16(13)17/h1-12,20H,(H,23,24,25). The van der Waals surface area contributed by atoms with Crippen molar-refractivity contribution in [2.24, 2.45) is 0 Å². The summed E-state index contributed by atoms with van der Waals surface area (Å²) in [7, 11) is 0. The summed E-state index contributed by atoms with van der Waals surface area (Å²) in [6.45, 7) is 0. The van der Waals surface area contributed by atoms with Gasteiger partial charge in [0.05, 0.1) is 5.92 Å². The smallest absolute Gasteiger partial charge is 0.250 e. The van der Waals surface area contributed by atoms with Gasteiger partial charge in [-0.3, -0.25) is 14.9 Å². The average molecular weight is 348 g/mol. The highest BCUT2D eigenvalue weighted by atomic mass is 35.5. The highest BCUT2D eigenvalue weighted by Crippen LogP contribution is 2.37. The molecule has 1 aliphatic rings. The predicted molar refractivity (Wildman–Crippen MR) is 99.3 cm³/mol. The van der Waals surface area contributed by atoms with E-state index >= 15 is 0 Å². The van der Waals surface area contributed by atoms with E-state index in [-0.39, 0.29) is 5.91 Å². The minimum absolute atomic E-state index is 0.322. The van der Waals surface area contributed by atoms with Gasteiger partial charge in [0.25, 0.3) is 5.91 Å². The van der Waals surface area contributed by atoms with Crippen LogP contribution in [0.25, 0.3) is 16.3 Å². The zero-order valence-corrected chi connectivity index (χ0v) is 14.0. The number of benzene rings is 3. The molecule has 25 heavy (non-hydrogen) atoms. The highest BCUT2D eigenvalue weighted by molar-refractivity contribution is 6.30. The number of imide groups is 1. The number of hydrogen-bond acceptors (Lipinski definition) is 2. The van der Waals surface area contributed by atoms with Gasteiger partial charge >= 0.3 is 0 Å². The van der Waals surface area contributed by atoms with E-state index < -0.39 is 11.8 Å². The van der Waals surface area contributed by atoms with Gasteiger partial charge in [-0.15, -0.1) is 0 Å². The summed E-state index contributed by atoms with van der Waals surface area (Å²) in [5, 5.41) is 5.08. The summed E-state index contributed by atoms with van der Waals surface area (Å²) in [5.41, 5.74) is 2.39. The van der Waals surface area contributed by atoms with Gasteiger partial charge in [-0.05, 0) is 39.6 Å². The Hall–Kier alpha value is -2.91. The van der Waals surface area contributed by atoms with Gasteiger partial charge in [-0.25, -0.2) is 0 Å². The number of carbonyl (C=O) groups is 2. The number of nitrogens with one attached hydrogen (secondary N) is 1. The molecule has 122 valence electrons. The summed E-state index contributed by atoms with van der Waals surface area (Å²) in [4.78, 5) is 24.6. The largest absolute Gasteiger partial charge is 0.292 e. The van der Waals surface area contributed by atoms with Crippen molar-refractivity contribution in [1.82, 2.24) is 5.32 Å². The van der Waals surface area contributed by atoms with E-state index in [1.165, 1.54) is 6.08 Å². The van der Waals surface area contributed by atoms with Gasteiger partial charge in [0.15, 0.2) is 0 Å². The van der Waals surface area contributed by atoms with Crippen molar-refractivity contribution in [3.8, 4) is 0 Å². The van der Waals surface area contributed by atoms with Crippen LogP contribution in [0.2, 0.25) is 5.02 Å². The van der Waals surface area contributed by atoms with Gasteiger partial charge in [-0.1, -0.05) is 66.2 Å². The minimum atomic E-state index is -0.555. The van der Waals surface area contributed by atoms with E-state index in [1.54, 1.807) is 12.1 Å². The van der Waals surface area contributed by atoms with Crippen LogP contribution in [0, 0.1) is 0 Å². The van der Waals surface area contributed by atoms with Gasteiger partial charge < -0.3 is 0 Å². The topological polar surface area (TPSA) is 46.2 Å². The van der Waals surface area contributed by atoms with Gasteiger partial charge in [0, 0.05) is 11.1 Å². The van der Waals surface area contributed by atoms with Crippen LogP contribution in [-0.2, 0) is 9.59 Å². The van der Waals surface area contributed by atoms with Crippen LogP contribution in [0.15, 0.2) is 72.8 Å². The summed E-state index contributed by atoms with van der Waals surface area (Å²) in [6.07, 6.45) is 1.52. The van der Waals surface area contributed by atoms with Crippen LogP contribution >= 0.6 is 11.6 Å². The molecule has 0 aliphatic carbocycles. The first-order valence-electron chi connectivity index (χ1n) is 7.93. The lowest BCUT2D eigenvalue weighted by Gasteiger charge is -2.25. The van der Waals surface area contributed by atoms with E-state index in [0.29, 0.717) is 10.6 Å². The van der Waals surface area contributed by atoms with Crippen molar-refractivity contribution in [3.05, 3.63) is 89.0 Å². The Morgan fingerprint density at radius 2 is 1.56 bits per heavy atom. The van der Waals surface area contributed by atoms with Gasteiger partial charge in [0.1, 0.15) is 0 Å². The van der Waals surface area contributed by atoms with Gasteiger partial charge in [-0.2, -0.15) is 0 Å². The molecule has 3 aromatic carbocycles. The Morgan fingerprint density at radius 1 is 0.840 bits per heavy atom. The lowest BCUT2D eigenvalue weighted by atomic mass is 9.82. The molecular formula is C21H14ClNO2.